The molecule has 0 bridgehead atoms. The standard InChI is InChI=1S/C37H54N4O11S/c1-26-33(53-25-39-26)28-10-8-27(9-11-28)22-38-35(45)30-21-29(42)23-41(30)36(46)34(37(2,3)4)40-31(43)24-52-20-19-51-18-17-50-16-15-49-14-13-48-12-6-7-32(44)47-5/h6-11,25,29-30,34,42H,12-24H2,1-5H3,(H,38,45)(H,40,43). The smallest absolute Gasteiger partial charge is 0.330 e. The molecule has 0 spiro atoms. The van der Waals surface area contributed by atoms with Crippen LogP contribution in [0.15, 0.2) is 41.9 Å². The van der Waals surface area contributed by atoms with E-state index in [9.17, 15) is 24.3 Å². The number of aliphatic hydroxyl groups is 1. The van der Waals surface area contributed by atoms with Gasteiger partial charge in [0.2, 0.25) is 17.7 Å². The second-order valence-corrected chi connectivity index (χ2v) is 14.2. The number of amides is 3. The molecule has 1 aromatic carbocycles. The summed E-state index contributed by atoms with van der Waals surface area (Å²) in [7, 11) is 1.31. The van der Waals surface area contributed by atoms with Gasteiger partial charge in [-0.15, -0.1) is 11.3 Å². The van der Waals surface area contributed by atoms with Crippen LogP contribution < -0.4 is 10.6 Å². The monoisotopic (exact) mass is 762 g/mol. The Bertz CT molecular complexity index is 1460. The van der Waals surface area contributed by atoms with Gasteiger partial charge in [0.25, 0.3) is 0 Å². The van der Waals surface area contributed by atoms with Gasteiger partial charge in [0.05, 0.1) is 88.8 Å². The van der Waals surface area contributed by atoms with Crippen LogP contribution >= 0.6 is 11.3 Å². The minimum absolute atomic E-state index is 0.0132. The zero-order valence-electron chi connectivity index (χ0n) is 31.3. The Balaban J connectivity index is 1.31. The predicted octanol–water partition coefficient (Wildman–Crippen LogP) is 2.04. The minimum Gasteiger partial charge on any atom is -0.466 e. The molecule has 2 heterocycles. The number of nitrogens with zero attached hydrogens (tertiary/aromatic N) is 2. The lowest BCUT2D eigenvalue weighted by molar-refractivity contribution is -0.144. The van der Waals surface area contributed by atoms with Gasteiger partial charge in [0.15, 0.2) is 0 Å². The van der Waals surface area contributed by atoms with E-state index in [0.29, 0.717) is 39.6 Å². The van der Waals surface area contributed by atoms with Gasteiger partial charge in [0.1, 0.15) is 18.7 Å². The summed E-state index contributed by atoms with van der Waals surface area (Å²) >= 11 is 1.57. The number of aromatic nitrogens is 1. The number of nitrogens with one attached hydrogen (secondary N) is 2. The third kappa shape index (κ3) is 15.6. The van der Waals surface area contributed by atoms with E-state index in [1.807, 2.05) is 57.5 Å². The lowest BCUT2D eigenvalue weighted by atomic mass is 9.85. The van der Waals surface area contributed by atoms with E-state index in [4.69, 9.17) is 23.7 Å². The molecule has 0 saturated carbocycles. The molecule has 16 heteroatoms. The Hall–Kier alpha value is -3.77. The highest BCUT2D eigenvalue weighted by Gasteiger charge is 2.44. The number of hydrogen-bond acceptors (Lipinski definition) is 13. The topological polar surface area (TPSA) is 184 Å². The summed E-state index contributed by atoms with van der Waals surface area (Å²) in [6.07, 6.45) is 2.10. The number of aryl methyl sites for hydroxylation is 1. The van der Waals surface area contributed by atoms with Gasteiger partial charge < -0.3 is 49.1 Å². The molecular weight excluding hydrogens is 708 g/mol. The molecule has 3 rings (SSSR count). The van der Waals surface area contributed by atoms with Crippen molar-refractivity contribution in [1.29, 1.82) is 0 Å². The molecule has 1 aliphatic rings. The molecule has 1 fully saturated rings. The Kier molecular flexibility index (Phi) is 19.0. The molecule has 2 aromatic rings. The molecule has 1 saturated heterocycles. The SMILES string of the molecule is COC(=O)C=CCOCCOCCOCCOCCOCC(=O)NC(C(=O)N1CC(O)CC1C(=O)NCc1ccc(-c2scnc2C)cc1)C(C)(C)C. The van der Waals surface area contributed by atoms with Crippen molar-refractivity contribution in [2.75, 3.05) is 79.7 Å². The van der Waals surface area contributed by atoms with Crippen LogP contribution in [0.4, 0.5) is 0 Å². The van der Waals surface area contributed by atoms with Gasteiger partial charge in [0, 0.05) is 25.6 Å². The van der Waals surface area contributed by atoms with Gasteiger partial charge in [-0.1, -0.05) is 51.1 Å². The molecule has 3 atom stereocenters. The van der Waals surface area contributed by atoms with Crippen LogP contribution in [-0.2, 0) is 54.1 Å². The summed E-state index contributed by atoms with van der Waals surface area (Å²) in [6, 6.07) is 6.01. The molecule has 3 unspecified atom stereocenters. The number of hydrogen-bond donors (Lipinski definition) is 3. The highest BCUT2D eigenvalue weighted by Crippen LogP contribution is 2.28. The first-order valence-electron chi connectivity index (χ1n) is 17.6. The average molecular weight is 763 g/mol. The summed E-state index contributed by atoms with van der Waals surface area (Å²) in [5, 5.41) is 16.1. The van der Waals surface area contributed by atoms with Gasteiger partial charge in [-0.2, -0.15) is 0 Å². The zero-order chi connectivity index (χ0) is 38.6. The summed E-state index contributed by atoms with van der Waals surface area (Å²) in [4.78, 5) is 57.6. The fourth-order valence-electron chi connectivity index (χ4n) is 5.29. The van der Waals surface area contributed by atoms with E-state index < -0.39 is 41.4 Å². The molecule has 15 nitrogen and oxygen atoms in total. The molecule has 1 aliphatic heterocycles. The first kappa shape index (κ1) is 43.6. The van der Waals surface area contributed by atoms with E-state index in [0.717, 1.165) is 21.7 Å². The maximum atomic E-state index is 13.8. The average Bonchev–Trinajstić information content (AvgIpc) is 3.75. The third-order valence-electron chi connectivity index (χ3n) is 8.10. The van der Waals surface area contributed by atoms with Crippen molar-refractivity contribution in [3.05, 3.63) is 53.2 Å². The van der Waals surface area contributed by atoms with E-state index in [1.54, 1.807) is 17.4 Å². The highest BCUT2D eigenvalue weighted by molar-refractivity contribution is 7.13. The molecule has 3 amide bonds. The second-order valence-electron chi connectivity index (χ2n) is 13.3. The minimum atomic E-state index is -0.956. The fraction of sp³-hybridized carbons (Fsp3) is 0.595. The molecule has 1 aromatic heterocycles. The van der Waals surface area contributed by atoms with E-state index >= 15 is 0 Å². The number of thiazole rings is 1. The number of likely N-dealkylation sites (tertiary alicyclic amines) is 1. The maximum Gasteiger partial charge on any atom is 0.330 e. The second kappa shape index (κ2) is 23.1. The summed E-state index contributed by atoms with van der Waals surface area (Å²) in [5.41, 5.74) is 4.02. The van der Waals surface area contributed by atoms with Crippen molar-refractivity contribution in [3.63, 3.8) is 0 Å². The van der Waals surface area contributed by atoms with E-state index in [2.05, 4.69) is 20.4 Å². The van der Waals surface area contributed by atoms with Gasteiger partial charge in [-0.25, -0.2) is 9.78 Å². The molecule has 0 aliphatic carbocycles. The van der Waals surface area contributed by atoms with Crippen molar-refractivity contribution < 1.29 is 52.7 Å². The number of β-amino-alcohol motifs (C(OH)–C–C–N with tert-alkyl or cyclic N) is 1. The largest absolute Gasteiger partial charge is 0.466 e. The molecular formula is C37H54N4O11S. The van der Waals surface area contributed by atoms with Crippen molar-refractivity contribution >= 4 is 35.0 Å². The number of carbonyl (C=O) groups excluding carboxylic acids is 4. The van der Waals surface area contributed by atoms with Crippen LogP contribution in [0.2, 0.25) is 0 Å². The maximum absolute atomic E-state index is 13.8. The van der Waals surface area contributed by atoms with Gasteiger partial charge in [-0.05, 0) is 23.5 Å². The van der Waals surface area contributed by atoms with Crippen LogP contribution in [0.25, 0.3) is 10.4 Å². The van der Waals surface area contributed by atoms with Crippen molar-refractivity contribution in [1.82, 2.24) is 20.5 Å². The zero-order valence-corrected chi connectivity index (χ0v) is 32.1. The predicted molar refractivity (Wildman–Crippen MR) is 197 cm³/mol. The van der Waals surface area contributed by atoms with Crippen LogP contribution in [0.3, 0.4) is 0 Å². The normalized spacial score (nSPS) is 16.5. The van der Waals surface area contributed by atoms with Crippen molar-refractivity contribution in [2.24, 2.45) is 5.41 Å². The number of esters is 1. The van der Waals surface area contributed by atoms with Gasteiger partial charge in [-0.3, -0.25) is 14.4 Å². The van der Waals surface area contributed by atoms with Crippen LogP contribution in [-0.4, -0.2) is 137 Å². The fourth-order valence-corrected chi connectivity index (χ4v) is 6.10. The number of methoxy groups -OCH3 is 1. The third-order valence-corrected chi connectivity index (χ3v) is 9.08. The lowest BCUT2D eigenvalue weighted by Crippen LogP contribution is -2.58. The Labute approximate surface area is 315 Å². The Morgan fingerprint density at radius 1 is 0.962 bits per heavy atom. The first-order chi connectivity index (χ1) is 25.4. The van der Waals surface area contributed by atoms with Crippen molar-refractivity contribution in [3.8, 4) is 10.4 Å². The number of benzene rings is 1. The molecule has 294 valence electrons. The summed E-state index contributed by atoms with van der Waals surface area (Å²) in [5.74, 6) is -1.73. The van der Waals surface area contributed by atoms with Crippen LogP contribution in [0.1, 0.15) is 38.4 Å². The Morgan fingerprint density at radius 3 is 2.13 bits per heavy atom. The van der Waals surface area contributed by atoms with Gasteiger partial charge >= 0.3 is 5.97 Å². The Morgan fingerprint density at radius 2 is 1.57 bits per heavy atom. The van der Waals surface area contributed by atoms with Crippen LogP contribution in [0.5, 0.6) is 0 Å². The lowest BCUT2D eigenvalue weighted by Gasteiger charge is -2.35. The first-order valence-corrected chi connectivity index (χ1v) is 18.5. The van der Waals surface area contributed by atoms with Crippen molar-refractivity contribution in [2.45, 2.75) is 58.8 Å². The summed E-state index contributed by atoms with van der Waals surface area (Å²) < 4.78 is 31.5. The number of ether oxygens (including phenoxy) is 6. The molecule has 53 heavy (non-hydrogen) atoms. The number of carbonyl (C=O) groups is 4. The molecule has 0 radical (unpaired) electrons. The quantitative estimate of drug-likeness (QED) is 0.0853. The van der Waals surface area contributed by atoms with E-state index in [1.165, 1.54) is 18.1 Å². The van der Waals surface area contributed by atoms with Crippen LogP contribution in [0, 0.1) is 12.3 Å². The molecule has 3 N–H and O–H groups in total. The number of rotatable bonds is 23. The summed E-state index contributed by atoms with van der Waals surface area (Å²) in [6.45, 7) is 10.3. The van der Waals surface area contributed by atoms with E-state index in [-0.39, 0.29) is 51.8 Å². The number of aliphatic hydroxyl groups excluding tert-OH is 1. The highest BCUT2D eigenvalue weighted by atomic mass is 32.1.